The summed E-state index contributed by atoms with van der Waals surface area (Å²) in [6.45, 7) is -0.466. The number of amides is 2. The van der Waals surface area contributed by atoms with Crippen LogP contribution >= 0.6 is 11.6 Å². The Balaban J connectivity index is 1.64. The second-order valence-corrected chi connectivity index (χ2v) is 8.93. The highest BCUT2D eigenvalue weighted by Crippen LogP contribution is 2.20. The van der Waals surface area contributed by atoms with Gasteiger partial charge in [-0.1, -0.05) is 42.6 Å². The van der Waals surface area contributed by atoms with Crippen LogP contribution in [0.2, 0.25) is 5.02 Å². The van der Waals surface area contributed by atoms with Crippen LogP contribution in [0.4, 0.5) is 5.69 Å². The summed E-state index contributed by atoms with van der Waals surface area (Å²) in [6, 6.07) is 13.3. The molecule has 0 unspecified atom stereocenters. The molecule has 1 aliphatic rings. The van der Waals surface area contributed by atoms with Crippen LogP contribution in [0.15, 0.2) is 58.1 Å². The van der Waals surface area contributed by atoms with E-state index >= 15 is 0 Å². The van der Waals surface area contributed by atoms with Crippen molar-refractivity contribution in [3.05, 3.63) is 74.4 Å². The molecule has 0 bridgehead atoms. The molecule has 9 nitrogen and oxygen atoms in total. The minimum absolute atomic E-state index is 0.00928. The lowest BCUT2D eigenvalue weighted by molar-refractivity contribution is -0.125. The van der Waals surface area contributed by atoms with Gasteiger partial charge in [0.25, 0.3) is 11.5 Å². The molecule has 35 heavy (non-hydrogen) atoms. The van der Waals surface area contributed by atoms with Crippen LogP contribution in [0.1, 0.15) is 32.1 Å². The molecule has 0 aliphatic heterocycles. The standard InChI is InChI=1S/C25H27ClN4O5/c1-35-30(19-10-6-7-17(26)15-19)23(32)16-29-21-12-5-4-11-20(21)24(33)28(25(29)34)14-13-22(31)27-18-8-2-3-9-18/h4-7,10-12,15,18H,2-3,8-9,13-14,16H2,1H3,(H,27,31). The molecule has 184 valence electrons. The van der Waals surface area contributed by atoms with Gasteiger partial charge in [0.15, 0.2) is 0 Å². The lowest BCUT2D eigenvalue weighted by atomic mass is 10.2. The number of aromatic nitrogens is 2. The van der Waals surface area contributed by atoms with E-state index < -0.39 is 17.2 Å². The monoisotopic (exact) mass is 498 g/mol. The van der Waals surface area contributed by atoms with Crippen molar-refractivity contribution in [1.29, 1.82) is 0 Å². The fourth-order valence-corrected chi connectivity index (χ4v) is 4.64. The predicted octanol–water partition coefficient (Wildman–Crippen LogP) is 2.86. The Labute approximate surface area is 206 Å². The molecular formula is C25H27ClN4O5. The van der Waals surface area contributed by atoms with Gasteiger partial charge < -0.3 is 5.32 Å². The van der Waals surface area contributed by atoms with E-state index in [0.29, 0.717) is 16.2 Å². The molecule has 1 fully saturated rings. The van der Waals surface area contributed by atoms with Crippen LogP contribution in [0, 0.1) is 0 Å². The van der Waals surface area contributed by atoms with Crippen molar-refractivity contribution >= 4 is 40.0 Å². The molecule has 10 heteroatoms. The Morgan fingerprint density at radius 3 is 2.54 bits per heavy atom. The van der Waals surface area contributed by atoms with Crippen molar-refractivity contribution in [1.82, 2.24) is 14.5 Å². The Morgan fingerprint density at radius 2 is 1.83 bits per heavy atom. The lowest BCUT2D eigenvalue weighted by Gasteiger charge is -2.21. The first kappa shape index (κ1) is 24.7. The van der Waals surface area contributed by atoms with Crippen LogP contribution in [0.5, 0.6) is 0 Å². The second kappa shape index (κ2) is 10.9. The number of anilines is 1. The maximum atomic E-state index is 13.4. The topological polar surface area (TPSA) is 103 Å². The van der Waals surface area contributed by atoms with Crippen LogP contribution in [-0.2, 0) is 27.5 Å². The number of fused-ring (bicyclic) bond motifs is 1. The molecule has 1 aromatic heterocycles. The molecule has 0 spiro atoms. The average molecular weight is 499 g/mol. The average Bonchev–Trinajstić information content (AvgIpc) is 3.35. The maximum absolute atomic E-state index is 13.4. The Hall–Kier alpha value is -3.43. The maximum Gasteiger partial charge on any atom is 0.331 e. The molecule has 1 saturated carbocycles. The smallest absolute Gasteiger partial charge is 0.331 e. The third kappa shape index (κ3) is 5.47. The number of para-hydroxylation sites is 1. The van der Waals surface area contributed by atoms with E-state index in [9.17, 15) is 19.2 Å². The van der Waals surface area contributed by atoms with Gasteiger partial charge in [-0.15, -0.1) is 0 Å². The highest BCUT2D eigenvalue weighted by Gasteiger charge is 2.22. The van der Waals surface area contributed by atoms with Gasteiger partial charge in [-0.3, -0.25) is 28.4 Å². The summed E-state index contributed by atoms with van der Waals surface area (Å²) in [6.07, 6.45) is 4.05. The predicted molar refractivity (Wildman–Crippen MR) is 133 cm³/mol. The summed E-state index contributed by atoms with van der Waals surface area (Å²) < 4.78 is 2.24. The largest absolute Gasteiger partial charge is 0.353 e. The van der Waals surface area contributed by atoms with Crippen molar-refractivity contribution in [3.8, 4) is 0 Å². The third-order valence-electron chi connectivity index (χ3n) is 6.16. The minimum Gasteiger partial charge on any atom is -0.353 e. The van der Waals surface area contributed by atoms with Gasteiger partial charge >= 0.3 is 5.69 Å². The number of hydrogen-bond acceptors (Lipinski definition) is 5. The summed E-state index contributed by atoms with van der Waals surface area (Å²) in [5.41, 5.74) is -0.441. The van der Waals surface area contributed by atoms with E-state index in [0.717, 1.165) is 35.3 Å². The third-order valence-corrected chi connectivity index (χ3v) is 6.40. The van der Waals surface area contributed by atoms with E-state index in [1.54, 1.807) is 48.5 Å². The van der Waals surface area contributed by atoms with Gasteiger partial charge in [0.2, 0.25) is 5.91 Å². The van der Waals surface area contributed by atoms with E-state index in [-0.39, 0.29) is 36.8 Å². The number of nitrogens with one attached hydrogen (secondary N) is 1. The first-order chi connectivity index (χ1) is 16.9. The Morgan fingerprint density at radius 1 is 1.09 bits per heavy atom. The number of carbonyl (C=O) groups is 2. The van der Waals surface area contributed by atoms with Crippen LogP contribution in [-0.4, -0.2) is 34.1 Å². The van der Waals surface area contributed by atoms with Crippen molar-refractivity contribution in [2.24, 2.45) is 0 Å². The molecule has 1 aliphatic carbocycles. The summed E-state index contributed by atoms with van der Waals surface area (Å²) in [4.78, 5) is 57.3. The number of halogens is 1. The fraction of sp³-hybridized carbons (Fsp3) is 0.360. The molecule has 1 N–H and O–H groups in total. The fourth-order valence-electron chi connectivity index (χ4n) is 4.46. The van der Waals surface area contributed by atoms with Gasteiger partial charge in [-0.25, -0.2) is 4.79 Å². The molecule has 0 radical (unpaired) electrons. The number of benzene rings is 2. The summed E-state index contributed by atoms with van der Waals surface area (Å²) in [5.74, 6) is -0.739. The van der Waals surface area contributed by atoms with Crippen molar-refractivity contribution < 1.29 is 14.4 Å². The van der Waals surface area contributed by atoms with Crippen molar-refractivity contribution in [3.63, 3.8) is 0 Å². The number of hydroxylamine groups is 1. The molecule has 2 aromatic carbocycles. The number of carbonyl (C=O) groups excluding carboxylic acids is 2. The molecule has 0 saturated heterocycles. The molecule has 4 rings (SSSR count). The molecule has 1 heterocycles. The highest BCUT2D eigenvalue weighted by atomic mass is 35.5. The second-order valence-electron chi connectivity index (χ2n) is 8.49. The number of rotatable bonds is 8. The first-order valence-electron chi connectivity index (χ1n) is 11.5. The molecule has 3 aromatic rings. The summed E-state index contributed by atoms with van der Waals surface area (Å²) in [5, 5.41) is 4.71. The van der Waals surface area contributed by atoms with E-state index in [1.165, 1.54) is 11.7 Å². The zero-order valence-electron chi connectivity index (χ0n) is 19.4. The van der Waals surface area contributed by atoms with Crippen LogP contribution in [0.25, 0.3) is 10.9 Å². The number of hydrogen-bond donors (Lipinski definition) is 1. The van der Waals surface area contributed by atoms with Crippen molar-refractivity contribution in [2.45, 2.75) is 51.2 Å². The van der Waals surface area contributed by atoms with Gasteiger partial charge in [-0.2, -0.15) is 5.06 Å². The normalized spacial score (nSPS) is 13.8. The summed E-state index contributed by atoms with van der Waals surface area (Å²) in [7, 11) is 1.34. The van der Waals surface area contributed by atoms with E-state index in [2.05, 4.69) is 5.32 Å². The van der Waals surface area contributed by atoms with Crippen LogP contribution < -0.4 is 21.6 Å². The van der Waals surface area contributed by atoms with Crippen LogP contribution in [0.3, 0.4) is 0 Å². The Kier molecular flexibility index (Phi) is 7.67. The lowest BCUT2D eigenvalue weighted by Crippen LogP contribution is -2.44. The quantitative estimate of drug-likeness (QED) is 0.481. The molecule has 2 amide bonds. The zero-order chi connectivity index (χ0) is 24.9. The zero-order valence-corrected chi connectivity index (χ0v) is 20.2. The molecule has 0 atom stereocenters. The minimum atomic E-state index is -0.669. The number of nitrogens with zero attached hydrogens (tertiary/aromatic N) is 3. The summed E-state index contributed by atoms with van der Waals surface area (Å²) >= 11 is 6.05. The highest BCUT2D eigenvalue weighted by molar-refractivity contribution is 6.30. The van der Waals surface area contributed by atoms with E-state index in [4.69, 9.17) is 16.4 Å². The Bertz CT molecular complexity index is 1360. The van der Waals surface area contributed by atoms with E-state index in [1.807, 2.05) is 0 Å². The molecular weight excluding hydrogens is 472 g/mol. The van der Waals surface area contributed by atoms with Gasteiger partial charge in [0.05, 0.1) is 23.7 Å². The van der Waals surface area contributed by atoms with Crippen molar-refractivity contribution in [2.75, 3.05) is 12.2 Å². The van der Waals surface area contributed by atoms with Gasteiger partial charge in [0.1, 0.15) is 6.54 Å². The first-order valence-corrected chi connectivity index (χ1v) is 11.9. The van der Waals surface area contributed by atoms with Gasteiger partial charge in [-0.05, 0) is 43.2 Å². The SMILES string of the molecule is CON(C(=O)Cn1c(=O)n(CCC(=O)NC2CCCC2)c(=O)c2ccccc21)c1cccc(Cl)c1. The van der Waals surface area contributed by atoms with Gasteiger partial charge in [0, 0.05) is 24.0 Å².